The number of hydrogen-bond acceptors (Lipinski definition) is 3. The second-order valence-corrected chi connectivity index (χ2v) is 4.69. The Bertz CT molecular complexity index is 129. The molecule has 0 aromatic carbocycles. The lowest BCUT2D eigenvalue weighted by Gasteiger charge is -2.21. The summed E-state index contributed by atoms with van der Waals surface area (Å²) in [4.78, 5) is 10.1. The van der Waals surface area contributed by atoms with Crippen molar-refractivity contribution in [2.24, 2.45) is 0 Å². The van der Waals surface area contributed by atoms with E-state index in [0.29, 0.717) is 6.61 Å². The first-order chi connectivity index (χ1) is 6.62. The maximum absolute atomic E-state index is 5.06. The molecule has 0 bridgehead atoms. The molecule has 3 nitrogen and oxygen atoms in total. The summed E-state index contributed by atoms with van der Waals surface area (Å²) in [7, 11) is 1.60. The molecule has 0 saturated carbocycles. The molecule has 0 atom stereocenters. The molecule has 0 unspecified atom stereocenters. The highest BCUT2D eigenvalue weighted by Crippen LogP contribution is 2.10. The van der Waals surface area contributed by atoms with Gasteiger partial charge in [0.15, 0.2) is 5.79 Å². The van der Waals surface area contributed by atoms with E-state index in [1.807, 2.05) is 13.8 Å². The van der Waals surface area contributed by atoms with Gasteiger partial charge >= 0.3 is 0 Å². The Labute approximate surface area is 101 Å². The zero-order valence-electron chi connectivity index (χ0n) is 9.35. The maximum atomic E-state index is 5.06. The number of hydrogen-bond donors (Lipinski definition) is 0. The highest BCUT2D eigenvalue weighted by molar-refractivity contribution is 14.1. The van der Waals surface area contributed by atoms with Crippen molar-refractivity contribution in [1.82, 2.24) is 0 Å². The minimum Gasteiger partial charge on any atom is -0.351 e. The molecule has 0 aromatic heterocycles. The van der Waals surface area contributed by atoms with Crippen molar-refractivity contribution in [1.29, 1.82) is 0 Å². The number of unbranched alkanes of at least 4 members (excludes halogenated alkanes) is 3. The molecule has 0 aliphatic carbocycles. The average Bonchev–Trinajstić information content (AvgIpc) is 2.16. The molecule has 86 valence electrons. The number of methoxy groups -OCH3 is 1. The summed E-state index contributed by atoms with van der Waals surface area (Å²) >= 11 is 2.40. The Balaban J connectivity index is 3.13. The van der Waals surface area contributed by atoms with Crippen molar-refractivity contribution in [2.45, 2.75) is 45.3 Å². The van der Waals surface area contributed by atoms with E-state index in [4.69, 9.17) is 14.5 Å². The van der Waals surface area contributed by atoms with Gasteiger partial charge in [-0.05, 0) is 31.1 Å². The number of ether oxygens (including phenoxy) is 1. The SMILES string of the molecule is COC(C)(C)OOCCCCCCI. The zero-order chi connectivity index (χ0) is 10.9. The fourth-order valence-electron chi connectivity index (χ4n) is 0.827. The minimum absolute atomic E-state index is 0.637. The van der Waals surface area contributed by atoms with Crippen LogP contribution in [0.2, 0.25) is 0 Å². The smallest absolute Gasteiger partial charge is 0.195 e. The zero-order valence-corrected chi connectivity index (χ0v) is 11.5. The first-order valence-corrected chi connectivity index (χ1v) is 6.56. The van der Waals surface area contributed by atoms with E-state index in [1.165, 1.54) is 23.7 Å². The summed E-state index contributed by atoms with van der Waals surface area (Å²) in [6, 6.07) is 0. The Morgan fingerprint density at radius 3 is 2.29 bits per heavy atom. The topological polar surface area (TPSA) is 27.7 Å². The Morgan fingerprint density at radius 1 is 1.07 bits per heavy atom. The number of alkyl halides is 1. The monoisotopic (exact) mass is 316 g/mol. The molecule has 0 aromatic rings. The summed E-state index contributed by atoms with van der Waals surface area (Å²) in [5.41, 5.74) is 0. The lowest BCUT2D eigenvalue weighted by molar-refractivity contribution is -0.413. The first kappa shape index (κ1) is 14.6. The van der Waals surface area contributed by atoms with E-state index in [1.54, 1.807) is 7.11 Å². The second kappa shape index (κ2) is 8.88. The van der Waals surface area contributed by atoms with Crippen molar-refractivity contribution < 1.29 is 14.5 Å². The molecular formula is C10H21IO3. The van der Waals surface area contributed by atoms with E-state index in [0.717, 1.165) is 6.42 Å². The normalized spacial score (nSPS) is 12.0. The van der Waals surface area contributed by atoms with Crippen LogP contribution < -0.4 is 0 Å². The van der Waals surface area contributed by atoms with Crippen LogP contribution >= 0.6 is 22.6 Å². The lowest BCUT2D eigenvalue weighted by atomic mass is 10.2. The fraction of sp³-hybridized carbons (Fsp3) is 1.00. The molecular weight excluding hydrogens is 295 g/mol. The van der Waals surface area contributed by atoms with Crippen molar-refractivity contribution in [3.8, 4) is 0 Å². The molecule has 0 aliphatic heterocycles. The Hall–Kier alpha value is 0.610. The molecule has 0 spiro atoms. The van der Waals surface area contributed by atoms with Gasteiger partial charge in [-0.2, -0.15) is 0 Å². The Kier molecular flexibility index (Phi) is 9.27. The maximum Gasteiger partial charge on any atom is 0.195 e. The lowest BCUT2D eigenvalue weighted by Crippen LogP contribution is -2.26. The van der Waals surface area contributed by atoms with E-state index >= 15 is 0 Å². The highest BCUT2D eigenvalue weighted by atomic mass is 127. The number of rotatable bonds is 9. The van der Waals surface area contributed by atoms with Gasteiger partial charge in [0.25, 0.3) is 0 Å². The summed E-state index contributed by atoms with van der Waals surface area (Å²) < 4.78 is 6.28. The molecule has 14 heavy (non-hydrogen) atoms. The average molecular weight is 316 g/mol. The van der Waals surface area contributed by atoms with E-state index in [-0.39, 0.29) is 0 Å². The molecule has 0 amide bonds. The van der Waals surface area contributed by atoms with Gasteiger partial charge in [0.1, 0.15) is 0 Å². The third kappa shape index (κ3) is 9.18. The van der Waals surface area contributed by atoms with Crippen LogP contribution in [0.3, 0.4) is 0 Å². The van der Waals surface area contributed by atoms with E-state index in [2.05, 4.69) is 22.6 Å². The van der Waals surface area contributed by atoms with Gasteiger partial charge in [0.05, 0.1) is 6.61 Å². The van der Waals surface area contributed by atoms with Gasteiger partial charge in [0, 0.05) is 7.11 Å². The van der Waals surface area contributed by atoms with Crippen molar-refractivity contribution in [3.63, 3.8) is 0 Å². The first-order valence-electron chi connectivity index (χ1n) is 5.04. The third-order valence-electron chi connectivity index (χ3n) is 1.86. The van der Waals surface area contributed by atoms with Crippen LogP contribution in [0.25, 0.3) is 0 Å². The van der Waals surface area contributed by atoms with Crippen LogP contribution in [-0.2, 0) is 14.5 Å². The number of halogens is 1. The van der Waals surface area contributed by atoms with Crippen LogP contribution in [0.15, 0.2) is 0 Å². The summed E-state index contributed by atoms with van der Waals surface area (Å²) in [5, 5.41) is 0. The van der Waals surface area contributed by atoms with Crippen LogP contribution in [0.4, 0.5) is 0 Å². The van der Waals surface area contributed by atoms with E-state index in [9.17, 15) is 0 Å². The van der Waals surface area contributed by atoms with Crippen LogP contribution in [-0.4, -0.2) is 23.9 Å². The van der Waals surface area contributed by atoms with Crippen molar-refractivity contribution in [2.75, 3.05) is 18.1 Å². The minimum atomic E-state index is -0.637. The molecule has 0 heterocycles. The standard InChI is InChI=1S/C10H21IO3/c1-10(2,12-3)14-13-9-7-5-4-6-8-11/h4-9H2,1-3H3. The predicted octanol–water partition coefficient (Wildman–Crippen LogP) is 3.31. The van der Waals surface area contributed by atoms with Crippen LogP contribution in [0.5, 0.6) is 0 Å². The molecule has 0 N–H and O–H groups in total. The summed E-state index contributed by atoms with van der Waals surface area (Å²) in [6.45, 7) is 4.29. The quantitative estimate of drug-likeness (QED) is 0.163. The summed E-state index contributed by atoms with van der Waals surface area (Å²) in [5.74, 6) is -0.637. The summed E-state index contributed by atoms with van der Waals surface area (Å²) in [6.07, 6.45) is 4.83. The molecule has 0 saturated heterocycles. The van der Waals surface area contributed by atoms with Crippen LogP contribution in [0.1, 0.15) is 39.5 Å². The predicted molar refractivity (Wildman–Crippen MR) is 65.5 cm³/mol. The largest absolute Gasteiger partial charge is 0.351 e. The van der Waals surface area contributed by atoms with Gasteiger partial charge in [-0.25, -0.2) is 9.78 Å². The van der Waals surface area contributed by atoms with Gasteiger partial charge in [-0.1, -0.05) is 35.4 Å². The van der Waals surface area contributed by atoms with Crippen LogP contribution in [0, 0.1) is 0 Å². The van der Waals surface area contributed by atoms with Gasteiger partial charge < -0.3 is 4.74 Å². The van der Waals surface area contributed by atoms with Crippen molar-refractivity contribution in [3.05, 3.63) is 0 Å². The highest BCUT2D eigenvalue weighted by Gasteiger charge is 2.17. The molecule has 0 aliphatic rings. The Morgan fingerprint density at radius 2 is 1.71 bits per heavy atom. The van der Waals surface area contributed by atoms with E-state index < -0.39 is 5.79 Å². The third-order valence-corrected chi connectivity index (χ3v) is 2.63. The van der Waals surface area contributed by atoms with Gasteiger partial charge in [-0.3, -0.25) is 0 Å². The molecule has 0 fully saturated rings. The molecule has 4 heteroatoms. The molecule has 0 rings (SSSR count). The second-order valence-electron chi connectivity index (χ2n) is 3.61. The fourth-order valence-corrected chi connectivity index (χ4v) is 1.37. The van der Waals surface area contributed by atoms with Crippen molar-refractivity contribution >= 4 is 22.6 Å². The van der Waals surface area contributed by atoms with Gasteiger partial charge in [0.2, 0.25) is 0 Å². The molecule has 0 radical (unpaired) electrons. The van der Waals surface area contributed by atoms with Gasteiger partial charge in [-0.15, -0.1) is 0 Å².